The van der Waals surface area contributed by atoms with Crippen molar-refractivity contribution in [2.24, 2.45) is 11.8 Å². The Hall–Kier alpha value is -2.22. The normalized spacial score (nSPS) is 30.3. The molecule has 7 nitrogen and oxygen atoms in total. The molecule has 7 heteroatoms. The van der Waals surface area contributed by atoms with Gasteiger partial charge >= 0.3 is 0 Å². The smallest absolute Gasteiger partial charge is 0.264 e. The lowest BCUT2D eigenvalue weighted by molar-refractivity contribution is -0.146. The summed E-state index contributed by atoms with van der Waals surface area (Å²) >= 11 is 0. The van der Waals surface area contributed by atoms with Crippen molar-refractivity contribution < 1.29 is 24.5 Å². The molecule has 1 aromatic carbocycles. The van der Waals surface area contributed by atoms with Gasteiger partial charge in [0.25, 0.3) is 5.91 Å². The Morgan fingerprint density at radius 3 is 2.69 bits per heavy atom. The van der Waals surface area contributed by atoms with E-state index in [9.17, 15) is 19.8 Å². The average Bonchev–Trinajstić information content (AvgIpc) is 3.16. The van der Waals surface area contributed by atoms with Crippen molar-refractivity contribution in [3.05, 3.63) is 36.4 Å². The molecule has 1 spiro atoms. The van der Waals surface area contributed by atoms with Crippen LogP contribution in [0.15, 0.2) is 30.9 Å². The molecular weight excluding hydrogens is 408 g/mol. The van der Waals surface area contributed by atoms with Crippen molar-refractivity contribution in [1.82, 2.24) is 0 Å². The maximum atomic E-state index is 13.9. The molecular formula is C25H34N2O5. The van der Waals surface area contributed by atoms with Crippen molar-refractivity contribution in [1.29, 1.82) is 0 Å². The summed E-state index contributed by atoms with van der Waals surface area (Å²) in [6, 6.07) is 5.69. The lowest BCUT2D eigenvalue weighted by atomic mass is 9.71. The van der Waals surface area contributed by atoms with Gasteiger partial charge in [0.2, 0.25) is 5.91 Å². The lowest BCUT2D eigenvalue weighted by Gasteiger charge is -2.34. The van der Waals surface area contributed by atoms with Crippen LogP contribution in [0.3, 0.4) is 0 Å². The molecule has 0 saturated carbocycles. The molecule has 3 heterocycles. The van der Waals surface area contributed by atoms with E-state index in [-0.39, 0.29) is 30.3 Å². The topological polar surface area (TPSA) is 90.3 Å². The van der Waals surface area contributed by atoms with Gasteiger partial charge in [-0.1, -0.05) is 13.0 Å². The SMILES string of the molecule is C=CCN1C(=O)[C@@]2(O[C@@H](CCO)[C@H](C(C)(C)O)[C@H]2C)c2cc(N3CCCCC3=O)ccc21. The van der Waals surface area contributed by atoms with E-state index in [0.29, 0.717) is 25.9 Å². The van der Waals surface area contributed by atoms with Crippen molar-refractivity contribution in [2.75, 3.05) is 29.5 Å². The highest BCUT2D eigenvalue weighted by Crippen LogP contribution is 2.58. The predicted molar refractivity (Wildman–Crippen MR) is 122 cm³/mol. The Morgan fingerprint density at radius 2 is 2.06 bits per heavy atom. The monoisotopic (exact) mass is 442 g/mol. The Morgan fingerprint density at radius 1 is 1.31 bits per heavy atom. The molecule has 4 rings (SSSR count). The van der Waals surface area contributed by atoms with E-state index in [4.69, 9.17) is 4.74 Å². The summed E-state index contributed by atoms with van der Waals surface area (Å²) in [6.07, 6.45) is 3.90. The van der Waals surface area contributed by atoms with Crippen LogP contribution in [0.5, 0.6) is 0 Å². The Balaban J connectivity index is 1.86. The van der Waals surface area contributed by atoms with E-state index in [1.54, 1.807) is 29.7 Å². The number of fused-ring (bicyclic) bond motifs is 2. The van der Waals surface area contributed by atoms with E-state index < -0.39 is 17.3 Å². The summed E-state index contributed by atoms with van der Waals surface area (Å²) in [5.74, 6) is -0.787. The minimum Gasteiger partial charge on any atom is -0.396 e. The summed E-state index contributed by atoms with van der Waals surface area (Å²) in [5, 5.41) is 20.6. The fourth-order valence-electron chi connectivity index (χ4n) is 6.02. The van der Waals surface area contributed by atoms with Crippen molar-refractivity contribution >= 4 is 23.2 Å². The number of carbonyl (C=O) groups excluding carboxylic acids is 2. The van der Waals surface area contributed by atoms with E-state index in [2.05, 4.69) is 6.58 Å². The number of piperidine rings is 1. The van der Waals surface area contributed by atoms with Gasteiger partial charge in [-0.2, -0.15) is 0 Å². The van der Waals surface area contributed by atoms with Gasteiger partial charge in [-0.15, -0.1) is 6.58 Å². The zero-order valence-electron chi connectivity index (χ0n) is 19.2. The van der Waals surface area contributed by atoms with E-state index in [1.165, 1.54) is 0 Å². The number of nitrogens with zero attached hydrogens (tertiary/aromatic N) is 2. The van der Waals surface area contributed by atoms with Gasteiger partial charge in [-0.25, -0.2) is 0 Å². The average molecular weight is 443 g/mol. The molecule has 0 bridgehead atoms. The summed E-state index contributed by atoms with van der Waals surface area (Å²) in [4.78, 5) is 29.9. The molecule has 2 amide bonds. The number of hydrogen-bond acceptors (Lipinski definition) is 5. The van der Waals surface area contributed by atoms with Gasteiger partial charge < -0.3 is 24.7 Å². The summed E-state index contributed by atoms with van der Waals surface area (Å²) in [6.45, 7) is 10.1. The fourth-order valence-corrected chi connectivity index (χ4v) is 6.02. The molecule has 4 atom stereocenters. The third kappa shape index (κ3) is 3.38. The van der Waals surface area contributed by atoms with Gasteiger partial charge in [0.15, 0.2) is 5.60 Å². The second kappa shape index (κ2) is 8.28. The third-order valence-electron chi connectivity index (χ3n) is 7.33. The zero-order chi connectivity index (χ0) is 23.3. The number of amides is 2. The highest BCUT2D eigenvalue weighted by molar-refractivity contribution is 6.08. The molecule has 2 N–H and O–H groups in total. The first-order chi connectivity index (χ1) is 15.2. The molecule has 32 heavy (non-hydrogen) atoms. The van der Waals surface area contributed by atoms with Crippen LogP contribution in [-0.2, 0) is 19.9 Å². The summed E-state index contributed by atoms with van der Waals surface area (Å²) < 4.78 is 6.54. The Kier molecular flexibility index (Phi) is 5.94. The molecule has 1 aromatic rings. The minimum absolute atomic E-state index is 0.0884. The largest absolute Gasteiger partial charge is 0.396 e. The summed E-state index contributed by atoms with van der Waals surface area (Å²) in [5.41, 5.74) is -0.147. The van der Waals surface area contributed by atoms with Crippen molar-refractivity contribution in [2.45, 2.75) is 63.8 Å². The van der Waals surface area contributed by atoms with Crippen LogP contribution in [0.2, 0.25) is 0 Å². The van der Waals surface area contributed by atoms with Crippen molar-refractivity contribution in [3.63, 3.8) is 0 Å². The zero-order valence-corrected chi connectivity index (χ0v) is 19.2. The van der Waals surface area contributed by atoms with Crippen LogP contribution in [0.4, 0.5) is 11.4 Å². The van der Waals surface area contributed by atoms with Crippen LogP contribution in [-0.4, -0.2) is 53.4 Å². The van der Waals surface area contributed by atoms with Crippen LogP contribution in [0.1, 0.15) is 52.0 Å². The number of anilines is 2. The van der Waals surface area contributed by atoms with E-state index in [0.717, 1.165) is 29.8 Å². The summed E-state index contributed by atoms with van der Waals surface area (Å²) in [7, 11) is 0. The lowest BCUT2D eigenvalue weighted by Crippen LogP contribution is -2.46. The number of ether oxygens (including phenoxy) is 1. The highest BCUT2D eigenvalue weighted by atomic mass is 16.5. The minimum atomic E-state index is -1.28. The molecule has 2 saturated heterocycles. The van der Waals surface area contributed by atoms with Gasteiger partial charge in [-0.05, 0) is 51.3 Å². The molecule has 3 aliphatic rings. The molecule has 0 aliphatic carbocycles. The van der Waals surface area contributed by atoms with Gasteiger partial charge in [0, 0.05) is 49.2 Å². The highest BCUT2D eigenvalue weighted by Gasteiger charge is 2.65. The second-order valence-electron chi connectivity index (χ2n) is 9.78. The molecule has 0 aromatic heterocycles. The number of benzene rings is 1. The maximum Gasteiger partial charge on any atom is 0.264 e. The predicted octanol–water partition coefficient (Wildman–Crippen LogP) is 2.74. The van der Waals surface area contributed by atoms with Crippen LogP contribution < -0.4 is 9.80 Å². The molecule has 3 aliphatic heterocycles. The van der Waals surface area contributed by atoms with Crippen LogP contribution >= 0.6 is 0 Å². The number of aliphatic hydroxyl groups excluding tert-OH is 1. The first-order valence-electron chi connectivity index (χ1n) is 11.6. The molecule has 174 valence electrons. The van der Waals surface area contributed by atoms with Crippen LogP contribution in [0.25, 0.3) is 0 Å². The molecule has 0 unspecified atom stereocenters. The number of carbonyl (C=O) groups is 2. The molecule has 2 fully saturated rings. The van der Waals surface area contributed by atoms with Gasteiger partial charge in [0.05, 0.1) is 17.4 Å². The Labute approximate surface area is 189 Å². The standard InChI is InChI=1S/C25H34N2O5/c1-5-12-27-19-10-9-17(26-13-7-6-8-21(26)29)15-18(19)25(23(27)30)16(2)22(24(3,4)31)20(32-25)11-14-28/h5,9-10,15-16,20,22,28,31H,1,6-8,11-14H2,2-4H3/t16-,20+,22-,25+/m1/s1. The number of rotatable bonds is 6. The third-order valence-corrected chi connectivity index (χ3v) is 7.33. The van der Waals surface area contributed by atoms with E-state index >= 15 is 0 Å². The number of hydrogen-bond donors (Lipinski definition) is 2. The fraction of sp³-hybridized carbons (Fsp3) is 0.600. The molecule has 0 radical (unpaired) electrons. The first kappa shape index (κ1) is 23.0. The number of aliphatic hydroxyl groups is 2. The second-order valence-corrected chi connectivity index (χ2v) is 9.78. The quantitative estimate of drug-likeness (QED) is 0.661. The van der Waals surface area contributed by atoms with Gasteiger partial charge in [-0.3, -0.25) is 9.59 Å². The van der Waals surface area contributed by atoms with Gasteiger partial charge in [0.1, 0.15) is 0 Å². The Bertz CT molecular complexity index is 923. The first-order valence-corrected chi connectivity index (χ1v) is 11.6. The van der Waals surface area contributed by atoms with E-state index in [1.807, 2.05) is 25.1 Å². The maximum absolute atomic E-state index is 13.9. The van der Waals surface area contributed by atoms with Crippen molar-refractivity contribution in [3.8, 4) is 0 Å². The van der Waals surface area contributed by atoms with Crippen LogP contribution in [0, 0.1) is 11.8 Å².